The fraction of sp³-hybridized carbons (Fsp3) is 0.588. The van der Waals surface area contributed by atoms with E-state index in [9.17, 15) is 33.3 Å². The molecule has 2 atom stereocenters. The van der Waals surface area contributed by atoms with Crippen LogP contribution in [0.4, 0.5) is 18.0 Å². The largest absolute Gasteiger partial charge is 0.444 e. The third-order valence-electron chi connectivity index (χ3n) is 3.43. The lowest BCUT2D eigenvalue weighted by Gasteiger charge is -2.22. The number of carbonyl (C=O) groups is 1. The van der Waals surface area contributed by atoms with Crippen molar-refractivity contribution in [1.29, 1.82) is 0 Å². The molecular weight excluding hydrogens is 355 g/mol. The van der Waals surface area contributed by atoms with Crippen LogP contribution in [0.25, 0.3) is 0 Å². The average Bonchev–Trinajstić information content (AvgIpc) is 2.50. The molecule has 2 unspecified atom stereocenters. The minimum absolute atomic E-state index is 0.00901. The van der Waals surface area contributed by atoms with Crippen molar-refractivity contribution < 1.29 is 38.0 Å². The first-order valence-electron chi connectivity index (χ1n) is 7.99. The van der Waals surface area contributed by atoms with Crippen molar-refractivity contribution in [3.63, 3.8) is 0 Å². The second-order valence-corrected chi connectivity index (χ2v) is 6.80. The molecule has 0 aliphatic carbocycles. The van der Waals surface area contributed by atoms with E-state index in [0.29, 0.717) is 0 Å². The van der Waals surface area contributed by atoms with E-state index < -0.39 is 42.2 Å². The molecule has 0 saturated carbocycles. The lowest BCUT2D eigenvalue weighted by atomic mass is 9.95. The molecular formula is C17H24F3NO5. The Morgan fingerprint density at radius 1 is 1.23 bits per heavy atom. The molecule has 1 aromatic rings. The summed E-state index contributed by atoms with van der Waals surface area (Å²) in [5.74, 6) is 0. The number of benzene rings is 1. The normalized spacial score (nSPS) is 14.7. The molecule has 1 aromatic carbocycles. The number of aliphatic hydroxyl groups is 3. The van der Waals surface area contributed by atoms with Gasteiger partial charge in [0.2, 0.25) is 0 Å². The van der Waals surface area contributed by atoms with Crippen LogP contribution in [0.1, 0.15) is 50.0 Å². The SMILES string of the molecule is CC(C)(C)OC(=O)NCCC(O)C(O)c1ccc(C(F)(F)F)cc1CO. The van der Waals surface area contributed by atoms with E-state index in [1.165, 1.54) is 0 Å². The van der Waals surface area contributed by atoms with E-state index in [1.54, 1.807) is 20.8 Å². The Morgan fingerprint density at radius 3 is 2.35 bits per heavy atom. The second kappa shape index (κ2) is 8.70. The number of halogens is 3. The molecule has 0 aliphatic heterocycles. The maximum Gasteiger partial charge on any atom is 0.416 e. The maximum absolute atomic E-state index is 12.7. The van der Waals surface area contributed by atoms with Gasteiger partial charge in [-0.05, 0) is 50.5 Å². The lowest BCUT2D eigenvalue weighted by molar-refractivity contribution is -0.137. The van der Waals surface area contributed by atoms with E-state index >= 15 is 0 Å². The molecule has 1 rings (SSSR count). The van der Waals surface area contributed by atoms with E-state index in [4.69, 9.17) is 4.74 Å². The summed E-state index contributed by atoms with van der Waals surface area (Å²) in [5, 5.41) is 31.8. The summed E-state index contributed by atoms with van der Waals surface area (Å²) in [6.45, 7) is 4.33. The number of aliphatic hydroxyl groups excluding tert-OH is 3. The molecule has 4 N–H and O–H groups in total. The predicted octanol–water partition coefficient (Wildman–Crippen LogP) is 2.51. The Bertz CT molecular complexity index is 613. The van der Waals surface area contributed by atoms with E-state index in [-0.39, 0.29) is 24.1 Å². The molecule has 0 aromatic heterocycles. The molecule has 0 radical (unpaired) electrons. The number of hydrogen-bond donors (Lipinski definition) is 4. The fourth-order valence-corrected chi connectivity index (χ4v) is 2.21. The van der Waals surface area contributed by atoms with Crippen molar-refractivity contribution in [3.05, 3.63) is 34.9 Å². The molecule has 0 spiro atoms. The van der Waals surface area contributed by atoms with Crippen LogP contribution in [-0.4, -0.2) is 39.7 Å². The van der Waals surface area contributed by atoms with E-state index in [1.807, 2.05) is 0 Å². The molecule has 0 fully saturated rings. The van der Waals surface area contributed by atoms with E-state index in [2.05, 4.69) is 5.32 Å². The highest BCUT2D eigenvalue weighted by atomic mass is 19.4. The highest BCUT2D eigenvalue weighted by Gasteiger charge is 2.32. The summed E-state index contributed by atoms with van der Waals surface area (Å²) in [5.41, 5.74) is -1.78. The Balaban J connectivity index is 2.71. The number of amides is 1. The van der Waals surface area contributed by atoms with Crippen LogP contribution in [0, 0.1) is 0 Å². The molecule has 9 heteroatoms. The number of rotatable bonds is 6. The van der Waals surface area contributed by atoms with Crippen LogP contribution >= 0.6 is 0 Å². The van der Waals surface area contributed by atoms with Crippen molar-refractivity contribution in [2.75, 3.05) is 6.54 Å². The Kier molecular flexibility index (Phi) is 7.43. The summed E-state index contributed by atoms with van der Waals surface area (Å²) in [6, 6.07) is 2.51. The molecule has 148 valence electrons. The van der Waals surface area contributed by atoms with Gasteiger partial charge >= 0.3 is 12.3 Å². The van der Waals surface area contributed by atoms with Crippen molar-refractivity contribution in [2.45, 2.75) is 57.8 Å². The van der Waals surface area contributed by atoms with Crippen molar-refractivity contribution in [2.24, 2.45) is 0 Å². The molecule has 26 heavy (non-hydrogen) atoms. The van der Waals surface area contributed by atoms with Gasteiger partial charge in [0.25, 0.3) is 0 Å². The molecule has 1 amide bonds. The minimum Gasteiger partial charge on any atom is -0.444 e. The first kappa shape index (κ1) is 22.2. The molecule has 0 heterocycles. The van der Waals surface area contributed by atoms with Gasteiger partial charge in [-0.25, -0.2) is 4.79 Å². The number of nitrogens with one attached hydrogen (secondary N) is 1. The van der Waals surface area contributed by atoms with Gasteiger partial charge in [0.15, 0.2) is 0 Å². The maximum atomic E-state index is 12.7. The van der Waals surface area contributed by atoms with Crippen molar-refractivity contribution in [3.8, 4) is 0 Å². The highest BCUT2D eigenvalue weighted by molar-refractivity contribution is 5.67. The van der Waals surface area contributed by atoms with Crippen molar-refractivity contribution >= 4 is 6.09 Å². The fourth-order valence-electron chi connectivity index (χ4n) is 2.21. The number of ether oxygens (including phenoxy) is 1. The Morgan fingerprint density at radius 2 is 1.85 bits per heavy atom. The number of hydrogen-bond acceptors (Lipinski definition) is 5. The quantitative estimate of drug-likeness (QED) is 0.609. The van der Waals surface area contributed by atoms with Crippen LogP contribution in [0.2, 0.25) is 0 Å². The summed E-state index contributed by atoms with van der Waals surface area (Å²) < 4.78 is 43.1. The molecule has 0 saturated heterocycles. The molecule has 0 aliphatic rings. The van der Waals surface area contributed by atoms with Gasteiger partial charge in [0.05, 0.1) is 18.3 Å². The summed E-state index contributed by atoms with van der Waals surface area (Å²) in [6.07, 6.45) is -8.20. The zero-order chi connectivity index (χ0) is 20.1. The monoisotopic (exact) mass is 379 g/mol. The predicted molar refractivity (Wildman–Crippen MR) is 87.2 cm³/mol. The van der Waals surface area contributed by atoms with Gasteiger partial charge in [-0.1, -0.05) is 6.07 Å². The van der Waals surface area contributed by atoms with Gasteiger partial charge < -0.3 is 25.4 Å². The van der Waals surface area contributed by atoms with Gasteiger partial charge in [-0.15, -0.1) is 0 Å². The van der Waals surface area contributed by atoms with Crippen LogP contribution in [0.3, 0.4) is 0 Å². The lowest BCUT2D eigenvalue weighted by Crippen LogP contribution is -2.34. The first-order valence-corrected chi connectivity index (χ1v) is 7.99. The molecule has 0 bridgehead atoms. The molecule has 6 nitrogen and oxygen atoms in total. The number of alkyl halides is 3. The number of carbonyl (C=O) groups excluding carboxylic acids is 1. The van der Waals surface area contributed by atoms with Crippen LogP contribution in [0.5, 0.6) is 0 Å². The smallest absolute Gasteiger partial charge is 0.416 e. The van der Waals surface area contributed by atoms with Crippen LogP contribution in [0.15, 0.2) is 18.2 Å². The standard InChI is InChI=1S/C17H24F3NO5/c1-16(2,3)26-15(25)21-7-6-13(23)14(24)12-5-4-11(17(18,19)20)8-10(12)9-22/h4-5,8,13-14,22-24H,6-7,9H2,1-3H3,(H,21,25). The van der Waals surface area contributed by atoms with Crippen LogP contribution < -0.4 is 5.32 Å². The van der Waals surface area contributed by atoms with Gasteiger partial charge in [-0.3, -0.25) is 0 Å². The van der Waals surface area contributed by atoms with Gasteiger partial charge in [-0.2, -0.15) is 13.2 Å². The number of alkyl carbamates (subject to hydrolysis) is 1. The second-order valence-electron chi connectivity index (χ2n) is 6.80. The summed E-state index contributed by atoms with van der Waals surface area (Å²) in [4.78, 5) is 11.5. The third-order valence-corrected chi connectivity index (χ3v) is 3.43. The topological polar surface area (TPSA) is 99.0 Å². The zero-order valence-corrected chi connectivity index (χ0v) is 14.8. The zero-order valence-electron chi connectivity index (χ0n) is 14.8. The van der Waals surface area contributed by atoms with Gasteiger partial charge in [0, 0.05) is 6.54 Å². The van der Waals surface area contributed by atoms with E-state index in [0.717, 1.165) is 18.2 Å². The first-order chi connectivity index (χ1) is 11.8. The summed E-state index contributed by atoms with van der Waals surface area (Å²) in [7, 11) is 0. The Labute approximate surface area is 149 Å². The third kappa shape index (κ3) is 6.81. The van der Waals surface area contributed by atoms with Crippen molar-refractivity contribution in [1.82, 2.24) is 5.32 Å². The average molecular weight is 379 g/mol. The van der Waals surface area contributed by atoms with Gasteiger partial charge in [0.1, 0.15) is 11.7 Å². The summed E-state index contributed by atoms with van der Waals surface area (Å²) >= 11 is 0. The minimum atomic E-state index is -4.58. The Hall–Kier alpha value is -1.84. The highest BCUT2D eigenvalue weighted by Crippen LogP contribution is 2.32. The van der Waals surface area contributed by atoms with Crippen LogP contribution in [-0.2, 0) is 17.5 Å².